The van der Waals surface area contributed by atoms with Gasteiger partial charge in [-0.1, -0.05) is 12.1 Å². The van der Waals surface area contributed by atoms with E-state index in [2.05, 4.69) is 5.32 Å². The molecule has 1 fully saturated rings. The van der Waals surface area contributed by atoms with E-state index in [9.17, 15) is 13.2 Å². The SMILES string of the molecule is O=C(CCc1ccc(S(=O)(=O)N2CCCC2)cc1)NCCOc1ccc2c(c1)OCO2. The molecule has 2 heterocycles. The molecule has 166 valence electrons. The van der Waals surface area contributed by atoms with Gasteiger partial charge in [0.1, 0.15) is 12.4 Å². The van der Waals surface area contributed by atoms with Gasteiger partial charge in [-0.05, 0) is 49.1 Å². The fourth-order valence-electron chi connectivity index (χ4n) is 3.58. The normalized spacial score (nSPS) is 15.7. The summed E-state index contributed by atoms with van der Waals surface area (Å²) in [7, 11) is -3.40. The lowest BCUT2D eigenvalue weighted by Gasteiger charge is -2.15. The fraction of sp³-hybridized carbons (Fsp3) is 0.409. The van der Waals surface area contributed by atoms with Crippen molar-refractivity contribution in [1.82, 2.24) is 9.62 Å². The van der Waals surface area contributed by atoms with Gasteiger partial charge < -0.3 is 19.5 Å². The average molecular weight is 447 g/mol. The van der Waals surface area contributed by atoms with Gasteiger partial charge in [-0.3, -0.25) is 4.79 Å². The summed E-state index contributed by atoms with van der Waals surface area (Å²) in [5, 5.41) is 2.83. The van der Waals surface area contributed by atoms with Gasteiger partial charge in [0.2, 0.25) is 22.7 Å². The summed E-state index contributed by atoms with van der Waals surface area (Å²) >= 11 is 0. The highest BCUT2D eigenvalue weighted by atomic mass is 32.2. The zero-order chi connectivity index (χ0) is 21.7. The van der Waals surface area contributed by atoms with Gasteiger partial charge in [-0.25, -0.2) is 8.42 Å². The van der Waals surface area contributed by atoms with Gasteiger partial charge in [0, 0.05) is 25.6 Å². The van der Waals surface area contributed by atoms with Gasteiger partial charge in [0.05, 0.1) is 11.4 Å². The Morgan fingerprint density at radius 3 is 2.55 bits per heavy atom. The molecule has 1 N–H and O–H groups in total. The predicted molar refractivity (Wildman–Crippen MR) is 114 cm³/mol. The molecular weight excluding hydrogens is 420 g/mol. The third kappa shape index (κ3) is 5.29. The van der Waals surface area contributed by atoms with Crippen LogP contribution in [0.4, 0.5) is 0 Å². The number of nitrogens with zero attached hydrogens (tertiary/aromatic N) is 1. The molecule has 2 aromatic rings. The van der Waals surface area contributed by atoms with Crippen molar-refractivity contribution in [3.63, 3.8) is 0 Å². The molecule has 0 saturated carbocycles. The van der Waals surface area contributed by atoms with Gasteiger partial charge in [-0.2, -0.15) is 4.31 Å². The van der Waals surface area contributed by atoms with Gasteiger partial charge in [-0.15, -0.1) is 0 Å². The van der Waals surface area contributed by atoms with Gasteiger partial charge in [0.25, 0.3) is 0 Å². The quantitative estimate of drug-likeness (QED) is 0.594. The van der Waals surface area contributed by atoms with E-state index >= 15 is 0 Å². The number of fused-ring (bicyclic) bond motifs is 1. The Morgan fingerprint density at radius 1 is 1.03 bits per heavy atom. The molecule has 0 aliphatic carbocycles. The third-order valence-corrected chi connectivity index (χ3v) is 7.22. The van der Waals surface area contributed by atoms with E-state index in [1.165, 1.54) is 4.31 Å². The summed E-state index contributed by atoms with van der Waals surface area (Å²) in [6.07, 6.45) is 2.68. The topological polar surface area (TPSA) is 94.2 Å². The molecule has 31 heavy (non-hydrogen) atoms. The lowest BCUT2D eigenvalue weighted by atomic mass is 10.1. The van der Waals surface area contributed by atoms with Crippen molar-refractivity contribution in [1.29, 1.82) is 0 Å². The maximum Gasteiger partial charge on any atom is 0.243 e. The second-order valence-electron chi connectivity index (χ2n) is 7.47. The molecule has 1 saturated heterocycles. The Balaban J connectivity index is 1.17. The number of amides is 1. The minimum absolute atomic E-state index is 0.0805. The summed E-state index contributed by atoms with van der Waals surface area (Å²) in [5.74, 6) is 1.92. The second-order valence-corrected chi connectivity index (χ2v) is 9.41. The maximum atomic E-state index is 12.6. The van der Waals surface area contributed by atoms with E-state index in [0.717, 1.165) is 18.4 Å². The van der Waals surface area contributed by atoms with E-state index in [-0.39, 0.29) is 12.7 Å². The van der Waals surface area contributed by atoms with Crippen LogP contribution in [-0.4, -0.2) is 51.7 Å². The van der Waals surface area contributed by atoms with E-state index in [1.54, 1.807) is 42.5 Å². The van der Waals surface area contributed by atoms with Crippen molar-refractivity contribution in [2.45, 2.75) is 30.6 Å². The Hall–Kier alpha value is -2.78. The first-order valence-corrected chi connectivity index (χ1v) is 11.8. The molecule has 8 nitrogen and oxygen atoms in total. The number of hydrogen-bond acceptors (Lipinski definition) is 6. The molecule has 2 aliphatic heterocycles. The first kappa shape index (κ1) is 21.5. The standard InChI is InChI=1S/C22H26N2O6S/c25-22(23-11-14-28-18-6-9-20-21(15-18)30-16-29-20)10-5-17-3-7-19(8-4-17)31(26,27)24-12-1-2-13-24/h3-4,6-9,15H,1-2,5,10-14,16H2,(H,23,25). The monoisotopic (exact) mass is 446 g/mol. The van der Waals surface area contributed by atoms with Crippen LogP contribution >= 0.6 is 0 Å². The molecule has 4 rings (SSSR count). The van der Waals surface area contributed by atoms with E-state index < -0.39 is 10.0 Å². The zero-order valence-electron chi connectivity index (χ0n) is 17.2. The average Bonchev–Trinajstić information content (AvgIpc) is 3.48. The molecule has 1 amide bonds. The van der Waals surface area contributed by atoms with Crippen LogP contribution in [0.25, 0.3) is 0 Å². The number of aryl methyl sites for hydroxylation is 1. The number of nitrogens with one attached hydrogen (secondary N) is 1. The van der Waals surface area contributed by atoms with Crippen molar-refractivity contribution in [3.05, 3.63) is 48.0 Å². The second kappa shape index (κ2) is 9.57. The largest absolute Gasteiger partial charge is 0.492 e. The van der Waals surface area contributed by atoms with Crippen LogP contribution in [0.2, 0.25) is 0 Å². The Kier molecular flexibility index (Phi) is 6.62. The van der Waals surface area contributed by atoms with Crippen molar-refractivity contribution in [3.8, 4) is 17.2 Å². The summed E-state index contributed by atoms with van der Waals surface area (Å²) in [5.41, 5.74) is 0.923. The van der Waals surface area contributed by atoms with E-state index in [1.807, 2.05) is 0 Å². The Morgan fingerprint density at radius 2 is 1.77 bits per heavy atom. The molecule has 0 atom stereocenters. The van der Waals surface area contributed by atoms with Crippen molar-refractivity contribution in [2.24, 2.45) is 0 Å². The smallest absolute Gasteiger partial charge is 0.243 e. The Bertz CT molecular complexity index is 1020. The third-order valence-electron chi connectivity index (χ3n) is 5.30. The van der Waals surface area contributed by atoms with Crippen LogP contribution in [0.3, 0.4) is 0 Å². The van der Waals surface area contributed by atoms with Crippen LogP contribution in [0.5, 0.6) is 17.2 Å². The minimum Gasteiger partial charge on any atom is -0.492 e. The number of hydrogen-bond donors (Lipinski definition) is 1. The molecular formula is C22H26N2O6S. The fourth-order valence-corrected chi connectivity index (χ4v) is 5.09. The lowest BCUT2D eigenvalue weighted by Crippen LogP contribution is -2.28. The molecule has 2 aromatic carbocycles. The number of carbonyl (C=O) groups excluding carboxylic acids is 1. The predicted octanol–water partition coefficient (Wildman–Crippen LogP) is 2.33. The first-order valence-electron chi connectivity index (χ1n) is 10.4. The molecule has 0 bridgehead atoms. The summed E-state index contributed by atoms with van der Waals surface area (Å²) < 4.78 is 42.8. The summed E-state index contributed by atoms with van der Waals surface area (Å²) in [6, 6.07) is 12.1. The molecule has 2 aliphatic rings. The molecule has 0 aromatic heterocycles. The number of ether oxygens (including phenoxy) is 3. The minimum atomic E-state index is -3.40. The molecule has 0 unspecified atom stereocenters. The molecule has 0 radical (unpaired) electrons. The lowest BCUT2D eigenvalue weighted by molar-refractivity contribution is -0.121. The first-order chi connectivity index (χ1) is 15.0. The highest BCUT2D eigenvalue weighted by Gasteiger charge is 2.26. The van der Waals surface area contributed by atoms with Crippen molar-refractivity contribution in [2.75, 3.05) is 33.0 Å². The van der Waals surface area contributed by atoms with Crippen LogP contribution < -0.4 is 19.5 Å². The van der Waals surface area contributed by atoms with Gasteiger partial charge >= 0.3 is 0 Å². The molecule has 0 spiro atoms. The summed E-state index contributed by atoms with van der Waals surface area (Å²) in [6.45, 7) is 2.12. The highest BCUT2D eigenvalue weighted by molar-refractivity contribution is 7.89. The number of sulfonamides is 1. The number of carbonyl (C=O) groups is 1. The van der Waals surface area contributed by atoms with Crippen LogP contribution in [-0.2, 0) is 21.2 Å². The van der Waals surface area contributed by atoms with E-state index in [0.29, 0.717) is 61.2 Å². The van der Waals surface area contributed by atoms with Crippen LogP contribution in [0.15, 0.2) is 47.4 Å². The maximum absolute atomic E-state index is 12.6. The summed E-state index contributed by atoms with van der Waals surface area (Å²) in [4.78, 5) is 12.4. The number of benzene rings is 2. The number of rotatable bonds is 9. The zero-order valence-corrected chi connectivity index (χ0v) is 18.0. The molecule has 9 heteroatoms. The van der Waals surface area contributed by atoms with Crippen molar-refractivity contribution < 1.29 is 27.4 Å². The van der Waals surface area contributed by atoms with E-state index in [4.69, 9.17) is 14.2 Å². The Labute approximate surface area is 182 Å². The van der Waals surface area contributed by atoms with Crippen LogP contribution in [0, 0.1) is 0 Å². The van der Waals surface area contributed by atoms with Crippen molar-refractivity contribution >= 4 is 15.9 Å². The van der Waals surface area contributed by atoms with Gasteiger partial charge in [0.15, 0.2) is 11.5 Å². The van der Waals surface area contributed by atoms with Crippen LogP contribution in [0.1, 0.15) is 24.8 Å². The highest BCUT2D eigenvalue weighted by Crippen LogP contribution is 2.35.